The summed E-state index contributed by atoms with van der Waals surface area (Å²) < 4.78 is 47.2. The summed E-state index contributed by atoms with van der Waals surface area (Å²) in [7, 11) is -7.16. The average molecular weight is 332 g/mol. The van der Waals surface area contributed by atoms with Gasteiger partial charge in [-0.15, -0.1) is 0 Å². The van der Waals surface area contributed by atoms with Gasteiger partial charge in [-0.3, -0.25) is 4.90 Å². The lowest BCUT2D eigenvalue weighted by Crippen LogP contribution is -2.42. The van der Waals surface area contributed by atoms with Crippen LogP contribution in [0.4, 0.5) is 0 Å². The van der Waals surface area contributed by atoms with E-state index in [2.05, 4.69) is 10.2 Å². The number of hydrogen-bond donors (Lipinski definition) is 1. The highest BCUT2D eigenvalue weighted by atomic mass is 32.2. The molecule has 1 aliphatic heterocycles. The van der Waals surface area contributed by atoms with Crippen LogP contribution in [0.1, 0.15) is 5.56 Å². The summed E-state index contributed by atoms with van der Waals surface area (Å²) >= 11 is 0. The first kappa shape index (κ1) is 16.4. The van der Waals surface area contributed by atoms with Gasteiger partial charge in [-0.2, -0.15) is 0 Å². The highest BCUT2D eigenvalue weighted by Crippen LogP contribution is 2.23. The predicted molar refractivity (Wildman–Crippen MR) is 80.8 cm³/mol. The lowest BCUT2D eigenvalue weighted by molar-refractivity contribution is 0.233. The van der Waals surface area contributed by atoms with E-state index < -0.39 is 19.7 Å². The van der Waals surface area contributed by atoms with Crippen LogP contribution in [-0.4, -0.2) is 60.4 Å². The summed E-state index contributed by atoms with van der Waals surface area (Å²) in [6, 6.07) is 4.56. The van der Waals surface area contributed by atoms with Crippen molar-refractivity contribution in [2.45, 2.75) is 16.3 Å². The Kier molecular flexibility index (Phi) is 4.72. The highest BCUT2D eigenvalue weighted by Gasteiger charge is 2.21. The molecular formula is C13H20N2O4S2. The van der Waals surface area contributed by atoms with E-state index in [-0.39, 0.29) is 9.79 Å². The fourth-order valence-corrected chi connectivity index (χ4v) is 4.82. The van der Waals surface area contributed by atoms with Crippen LogP contribution in [0.5, 0.6) is 0 Å². The van der Waals surface area contributed by atoms with Gasteiger partial charge in [0.05, 0.1) is 9.79 Å². The van der Waals surface area contributed by atoms with Gasteiger partial charge in [0, 0.05) is 45.2 Å². The van der Waals surface area contributed by atoms with Crippen molar-refractivity contribution in [3.63, 3.8) is 0 Å². The van der Waals surface area contributed by atoms with Crippen LogP contribution < -0.4 is 5.32 Å². The van der Waals surface area contributed by atoms with E-state index in [1.54, 1.807) is 6.07 Å². The predicted octanol–water partition coefficient (Wildman–Crippen LogP) is -0.101. The molecule has 1 aliphatic rings. The molecule has 0 spiro atoms. The Bertz CT molecular complexity index is 721. The molecule has 1 fully saturated rings. The Morgan fingerprint density at radius 1 is 1.00 bits per heavy atom. The summed E-state index contributed by atoms with van der Waals surface area (Å²) in [5, 5.41) is 3.25. The SMILES string of the molecule is CS(=O)(=O)c1ccc(CN2CCNCC2)cc1S(C)(=O)=O. The molecule has 0 unspecified atom stereocenters. The molecule has 0 amide bonds. The smallest absolute Gasteiger partial charge is 0.176 e. The van der Waals surface area contributed by atoms with Gasteiger partial charge in [-0.25, -0.2) is 16.8 Å². The molecule has 2 rings (SSSR count). The van der Waals surface area contributed by atoms with Crippen molar-refractivity contribution in [2.24, 2.45) is 0 Å². The Balaban J connectivity index is 2.38. The van der Waals surface area contributed by atoms with Crippen molar-refractivity contribution >= 4 is 19.7 Å². The number of nitrogens with one attached hydrogen (secondary N) is 1. The normalized spacial score (nSPS) is 17.8. The van der Waals surface area contributed by atoms with E-state index in [4.69, 9.17) is 0 Å². The molecule has 1 saturated heterocycles. The zero-order valence-electron chi connectivity index (χ0n) is 12.2. The van der Waals surface area contributed by atoms with E-state index in [0.717, 1.165) is 44.3 Å². The van der Waals surface area contributed by atoms with E-state index in [1.807, 2.05) is 0 Å². The van der Waals surface area contributed by atoms with Gasteiger partial charge in [-0.05, 0) is 17.7 Å². The van der Waals surface area contributed by atoms with Crippen molar-refractivity contribution in [1.82, 2.24) is 10.2 Å². The molecule has 21 heavy (non-hydrogen) atoms. The molecule has 6 nitrogen and oxygen atoms in total. The molecule has 0 aromatic heterocycles. The van der Waals surface area contributed by atoms with Crippen LogP contribution in [0.25, 0.3) is 0 Å². The average Bonchev–Trinajstić information content (AvgIpc) is 2.37. The lowest BCUT2D eigenvalue weighted by Gasteiger charge is -2.27. The largest absolute Gasteiger partial charge is 0.314 e. The molecule has 1 N–H and O–H groups in total. The van der Waals surface area contributed by atoms with Crippen LogP contribution >= 0.6 is 0 Å². The molecule has 0 saturated carbocycles. The molecule has 0 bridgehead atoms. The summed E-state index contributed by atoms with van der Waals surface area (Å²) in [4.78, 5) is 1.96. The minimum absolute atomic E-state index is 0.113. The first-order valence-electron chi connectivity index (χ1n) is 6.64. The van der Waals surface area contributed by atoms with Crippen molar-refractivity contribution in [3.05, 3.63) is 23.8 Å². The molecular weight excluding hydrogens is 312 g/mol. The van der Waals surface area contributed by atoms with E-state index in [0.29, 0.717) is 6.54 Å². The van der Waals surface area contributed by atoms with Crippen LogP contribution in [0, 0.1) is 0 Å². The second-order valence-electron chi connectivity index (χ2n) is 5.35. The number of rotatable bonds is 4. The van der Waals surface area contributed by atoms with E-state index >= 15 is 0 Å². The molecule has 8 heteroatoms. The van der Waals surface area contributed by atoms with Gasteiger partial charge in [-0.1, -0.05) is 6.07 Å². The summed E-state index contributed by atoms with van der Waals surface area (Å²) in [5.41, 5.74) is 0.810. The van der Waals surface area contributed by atoms with Crippen molar-refractivity contribution in [3.8, 4) is 0 Å². The van der Waals surface area contributed by atoms with Crippen molar-refractivity contribution in [1.29, 1.82) is 0 Å². The van der Waals surface area contributed by atoms with Gasteiger partial charge in [0.1, 0.15) is 0 Å². The fraction of sp³-hybridized carbons (Fsp3) is 0.538. The monoisotopic (exact) mass is 332 g/mol. The number of hydrogen-bond acceptors (Lipinski definition) is 6. The Morgan fingerprint density at radius 2 is 1.57 bits per heavy atom. The standard InChI is InChI=1S/C13H20N2O4S2/c1-20(16,17)12-4-3-11(9-13(12)21(2,18)19)10-15-7-5-14-6-8-15/h3-4,9,14H,5-8,10H2,1-2H3. The third-order valence-corrected chi connectivity index (χ3v) is 5.84. The van der Waals surface area contributed by atoms with Gasteiger partial charge in [0.2, 0.25) is 0 Å². The summed E-state index contributed by atoms with van der Waals surface area (Å²) in [5.74, 6) is 0. The first-order valence-corrected chi connectivity index (χ1v) is 10.4. The van der Waals surface area contributed by atoms with Crippen LogP contribution in [0.2, 0.25) is 0 Å². The third kappa shape index (κ3) is 4.26. The second-order valence-corrected chi connectivity index (χ2v) is 9.32. The van der Waals surface area contributed by atoms with Crippen molar-refractivity contribution < 1.29 is 16.8 Å². The zero-order valence-corrected chi connectivity index (χ0v) is 13.8. The minimum Gasteiger partial charge on any atom is -0.314 e. The van der Waals surface area contributed by atoms with Gasteiger partial charge in [0.25, 0.3) is 0 Å². The molecule has 1 aromatic carbocycles. The van der Waals surface area contributed by atoms with Crippen molar-refractivity contribution in [2.75, 3.05) is 38.7 Å². The molecule has 0 aliphatic carbocycles. The Labute approximate surface area is 126 Å². The number of nitrogens with zero attached hydrogens (tertiary/aromatic N) is 1. The molecule has 118 valence electrons. The maximum atomic E-state index is 11.9. The zero-order chi connectivity index (χ0) is 15.7. The number of benzene rings is 1. The molecule has 0 radical (unpaired) electrons. The maximum absolute atomic E-state index is 11.9. The number of sulfone groups is 2. The van der Waals surface area contributed by atoms with E-state index in [9.17, 15) is 16.8 Å². The lowest BCUT2D eigenvalue weighted by atomic mass is 10.2. The van der Waals surface area contributed by atoms with Crippen LogP contribution in [0.15, 0.2) is 28.0 Å². The Hall–Kier alpha value is -0.960. The molecule has 1 aromatic rings. The topological polar surface area (TPSA) is 83.6 Å². The highest BCUT2D eigenvalue weighted by molar-refractivity contribution is 7.93. The second kappa shape index (κ2) is 6.04. The maximum Gasteiger partial charge on any atom is 0.176 e. The Morgan fingerprint density at radius 3 is 2.10 bits per heavy atom. The van der Waals surface area contributed by atoms with Gasteiger partial charge >= 0.3 is 0 Å². The first-order chi connectivity index (χ1) is 9.68. The number of piperazine rings is 1. The van der Waals surface area contributed by atoms with Gasteiger partial charge < -0.3 is 5.32 Å². The quantitative estimate of drug-likeness (QED) is 0.829. The third-order valence-electron chi connectivity index (χ3n) is 3.42. The fourth-order valence-electron chi connectivity index (χ4n) is 2.37. The molecule has 1 heterocycles. The summed E-state index contributed by atoms with van der Waals surface area (Å²) in [6.45, 7) is 4.21. The minimum atomic E-state index is -3.59. The van der Waals surface area contributed by atoms with Crippen LogP contribution in [0.3, 0.4) is 0 Å². The van der Waals surface area contributed by atoms with Gasteiger partial charge in [0.15, 0.2) is 19.7 Å². The molecule has 0 atom stereocenters. The van der Waals surface area contributed by atoms with Crippen LogP contribution in [-0.2, 0) is 26.2 Å². The van der Waals surface area contributed by atoms with E-state index in [1.165, 1.54) is 12.1 Å². The summed E-state index contributed by atoms with van der Waals surface area (Å²) in [6.07, 6.45) is 2.05.